The van der Waals surface area contributed by atoms with Crippen LogP contribution in [-0.4, -0.2) is 58.9 Å². The highest BCUT2D eigenvalue weighted by Gasteiger charge is 2.57. The van der Waals surface area contributed by atoms with E-state index in [-0.39, 0.29) is 17.9 Å². The smallest absolute Gasteiger partial charge is 0.350 e. The van der Waals surface area contributed by atoms with E-state index in [0.29, 0.717) is 17.6 Å². The van der Waals surface area contributed by atoms with Gasteiger partial charge in [-0.1, -0.05) is 12.0 Å². The molecule has 1 aromatic rings. The minimum atomic E-state index is -0.509. The van der Waals surface area contributed by atoms with E-state index >= 15 is 0 Å². The van der Waals surface area contributed by atoms with Crippen molar-refractivity contribution in [2.75, 3.05) is 24.5 Å². The molecule has 5 rings (SSSR count). The Hall–Kier alpha value is -2.39. The Kier molecular flexibility index (Phi) is 4.82. The van der Waals surface area contributed by atoms with Crippen molar-refractivity contribution in [2.24, 2.45) is 10.9 Å². The third-order valence-electron chi connectivity index (χ3n) is 7.51. The molecule has 2 saturated heterocycles. The van der Waals surface area contributed by atoms with Crippen LogP contribution in [0.2, 0.25) is 0 Å². The molecule has 6 heteroatoms. The summed E-state index contributed by atoms with van der Waals surface area (Å²) < 4.78 is 14.1. The fraction of sp³-hybridized carbons (Fsp3) is 0.583. The molecule has 4 atom stereocenters. The normalized spacial score (nSPS) is 33.2. The molecule has 1 spiro atoms. The minimum Gasteiger partial charge on any atom is -0.355 e. The predicted molar refractivity (Wildman–Crippen MR) is 116 cm³/mol. The summed E-state index contributed by atoms with van der Waals surface area (Å²) in [5.74, 6) is 7.48. The maximum Gasteiger partial charge on any atom is 0.350 e. The molecule has 3 heterocycles. The van der Waals surface area contributed by atoms with Gasteiger partial charge in [-0.25, -0.2) is 9.18 Å². The van der Waals surface area contributed by atoms with E-state index in [1.54, 1.807) is 11.0 Å². The third-order valence-corrected chi connectivity index (χ3v) is 7.51. The van der Waals surface area contributed by atoms with Crippen LogP contribution in [0.3, 0.4) is 0 Å². The number of halogens is 1. The number of piperidine rings is 2. The van der Waals surface area contributed by atoms with Crippen LogP contribution in [0.25, 0.3) is 0 Å². The van der Waals surface area contributed by atoms with E-state index in [2.05, 4.69) is 33.6 Å². The second-order valence-corrected chi connectivity index (χ2v) is 9.25. The molecule has 3 aliphatic heterocycles. The fourth-order valence-electron chi connectivity index (χ4n) is 6.11. The number of hydrogen-bond acceptors (Lipinski definition) is 3. The van der Waals surface area contributed by atoms with Gasteiger partial charge in [-0.15, -0.1) is 5.92 Å². The van der Waals surface area contributed by atoms with Gasteiger partial charge >= 0.3 is 6.03 Å². The van der Waals surface area contributed by atoms with Crippen molar-refractivity contribution in [3.05, 3.63) is 30.1 Å². The average molecular weight is 409 g/mol. The van der Waals surface area contributed by atoms with Crippen molar-refractivity contribution in [2.45, 2.75) is 63.6 Å². The van der Waals surface area contributed by atoms with Crippen molar-refractivity contribution in [1.82, 2.24) is 9.80 Å². The summed E-state index contributed by atoms with van der Waals surface area (Å²) in [6.07, 6.45) is 5.24. The van der Waals surface area contributed by atoms with Gasteiger partial charge in [-0.2, -0.15) is 4.99 Å². The number of nitrogens with zero attached hydrogens (tertiary/aromatic N) is 4. The minimum absolute atomic E-state index is 0.256. The number of urea groups is 1. The van der Waals surface area contributed by atoms with Gasteiger partial charge in [0.2, 0.25) is 0 Å². The molecule has 3 fully saturated rings. The summed E-state index contributed by atoms with van der Waals surface area (Å²) in [7, 11) is 0. The Morgan fingerprint density at radius 2 is 2.20 bits per heavy atom. The zero-order valence-corrected chi connectivity index (χ0v) is 17.8. The van der Waals surface area contributed by atoms with Gasteiger partial charge in [0.15, 0.2) is 0 Å². The highest BCUT2D eigenvalue weighted by Crippen LogP contribution is 2.46. The lowest BCUT2D eigenvalue weighted by atomic mass is 9.80. The first kappa shape index (κ1) is 19.6. The molecule has 0 N–H and O–H groups in total. The van der Waals surface area contributed by atoms with Gasteiger partial charge < -0.3 is 4.90 Å². The summed E-state index contributed by atoms with van der Waals surface area (Å²) in [6, 6.07) is 6.89. The molecule has 1 aliphatic carbocycles. The van der Waals surface area contributed by atoms with Gasteiger partial charge in [0.25, 0.3) is 0 Å². The zero-order chi connectivity index (χ0) is 20.9. The second-order valence-electron chi connectivity index (χ2n) is 9.25. The Bertz CT molecular complexity index is 950. The van der Waals surface area contributed by atoms with Gasteiger partial charge in [0.1, 0.15) is 17.2 Å². The Labute approximate surface area is 177 Å². The number of likely N-dealkylation sites (tertiary alicyclic amines) is 2. The lowest BCUT2D eigenvalue weighted by Crippen LogP contribution is -2.64. The number of amidine groups is 1. The molecule has 0 radical (unpaired) electrons. The Morgan fingerprint density at radius 3 is 2.87 bits per heavy atom. The molecule has 0 aromatic heterocycles. The SMILES string of the molecule is CC#CCN1CCC2(CC1C)C(N1CC3CCC1C3)=NC(=O)N2c1cccc(F)c1. The number of amides is 2. The summed E-state index contributed by atoms with van der Waals surface area (Å²) in [6.45, 7) is 6.65. The topological polar surface area (TPSA) is 39.1 Å². The van der Waals surface area contributed by atoms with E-state index in [0.717, 1.165) is 38.3 Å². The highest BCUT2D eigenvalue weighted by molar-refractivity contribution is 6.16. The Balaban J connectivity index is 1.53. The van der Waals surface area contributed by atoms with Crippen LogP contribution in [0.1, 0.15) is 46.0 Å². The average Bonchev–Trinajstić information content (AvgIpc) is 3.41. The quantitative estimate of drug-likeness (QED) is 0.697. The molecular weight excluding hydrogens is 379 g/mol. The number of carbonyl (C=O) groups excluding carboxylic acids is 1. The lowest BCUT2D eigenvalue weighted by molar-refractivity contribution is 0.139. The largest absolute Gasteiger partial charge is 0.355 e. The van der Waals surface area contributed by atoms with Crippen molar-refractivity contribution >= 4 is 17.6 Å². The zero-order valence-electron chi connectivity index (χ0n) is 17.8. The van der Waals surface area contributed by atoms with E-state index in [1.807, 2.05) is 13.0 Å². The van der Waals surface area contributed by atoms with E-state index in [4.69, 9.17) is 0 Å². The van der Waals surface area contributed by atoms with Crippen molar-refractivity contribution in [1.29, 1.82) is 0 Å². The van der Waals surface area contributed by atoms with Gasteiger partial charge in [-0.3, -0.25) is 9.80 Å². The van der Waals surface area contributed by atoms with E-state index in [9.17, 15) is 9.18 Å². The summed E-state index contributed by atoms with van der Waals surface area (Å²) in [5.41, 5.74) is 0.0994. The molecule has 2 amide bonds. The summed E-state index contributed by atoms with van der Waals surface area (Å²) in [4.78, 5) is 24.5. The number of anilines is 1. The molecule has 2 bridgehead atoms. The maximum absolute atomic E-state index is 14.1. The number of hydrogen-bond donors (Lipinski definition) is 0. The van der Waals surface area contributed by atoms with Crippen LogP contribution in [-0.2, 0) is 0 Å². The number of fused-ring (bicyclic) bond motifs is 2. The number of benzene rings is 1. The van der Waals surface area contributed by atoms with Crippen molar-refractivity contribution in [3.63, 3.8) is 0 Å². The first-order valence-corrected chi connectivity index (χ1v) is 11.1. The maximum atomic E-state index is 14.1. The van der Waals surface area contributed by atoms with Crippen LogP contribution in [0.15, 0.2) is 29.3 Å². The monoisotopic (exact) mass is 408 g/mol. The number of carbonyl (C=O) groups is 1. The molecule has 5 nitrogen and oxygen atoms in total. The Morgan fingerprint density at radius 1 is 1.33 bits per heavy atom. The first-order chi connectivity index (χ1) is 14.5. The van der Waals surface area contributed by atoms with E-state index < -0.39 is 5.54 Å². The van der Waals surface area contributed by atoms with E-state index in [1.165, 1.54) is 31.4 Å². The molecular formula is C24H29FN4O. The van der Waals surface area contributed by atoms with Crippen LogP contribution in [0.5, 0.6) is 0 Å². The summed E-state index contributed by atoms with van der Waals surface area (Å²) in [5, 5.41) is 0. The van der Waals surface area contributed by atoms with Crippen molar-refractivity contribution in [3.8, 4) is 11.8 Å². The second kappa shape index (κ2) is 7.39. The number of rotatable bonds is 2. The first-order valence-electron chi connectivity index (χ1n) is 11.1. The predicted octanol–water partition coefficient (Wildman–Crippen LogP) is 3.89. The van der Waals surface area contributed by atoms with Gasteiger partial charge in [0, 0.05) is 30.9 Å². The van der Waals surface area contributed by atoms with Gasteiger partial charge in [0.05, 0.1) is 6.54 Å². The van der Waals surface area contributed by atoms with Crippen LogP contribution in [0.4, 0.5) is 14.9 Å². The molecule has 1 saturated carbocycles. The van der Waals surface area contributed by atoms with Crippen LogP contribution in [0, 0.1) is 23.6 Å². The highest BCUT2D eigenvalue weighted by atomic mass is 19.1. The molecule has 1 aromatic carbocycles. The standard InChI is InChI=1S/C24H29FN4O/c1-3-4-11-27-12-10-24(15-17(27)2)22(28-16-18-8-9-20(28)13-18)26-23(30)29(24)21-7-5-6-19(25)14-21/h5-7,14,17-18,20H,8-13,15-16H2,1-2H3. The fourth-order valence-corrected chi connectivity index (χ4v) is 6.11. The van der Waals surface area contributed by atoms with Crippen LogP contribution >= 0.6 is 0 Å². The number of aliphatic imine (C=N–C) groups is 1. The van der Waals surface area contributed by atoms with Crippen molar-refractivity contribution < 1.29 is 9.18 Å². The summed E-state index contributed by atoms with van der Waals surface area (Å²) >= 11 is 0. The molecule has 4 unspecified atom stereocenters. The lowest BCUT2D eigenvalue weighted by Gasteiger charge is -2.50. The van der Waals surface area contributed by atoms with Gasteiger partial charge in [-0.05, 0) is 70.1 Å². The molecule has 30 heavy (non-hydrogen) atoms. The molecule has 4 aliphatic rings. The molecule has 158 valence electrons. The third kappa shape index (κ3) is 3.02. The van der Waals surface area contributed by atoms with Crippen LogP contribution < -0.4 is 4.90 Å².